The van der Waals surface area contributed by atoms with Crippen LogP contribution >= 0.6 is 34.5 Å². The van der Waals surface area contributed by atoms with Gasteiger partial charge in [0.2, 0.25) is 0 Å². The molecule has 0 aliphatic rings. The summed E-state index contributed by atoms with van der Waals surface area (Å²) in [6.07, 6.45) is 4.45. The Bertz CT molecular complexity index is 1130. The predicted octanol–water partition coefficient (Wildman–Crippen LogP) is 6.63. The molecule has 1 heterocycles. The number of benzene rings is 2. The van der Waals surface area contributed by atoms with E-state index in [-0.39, 0.29) is 32.3 Å². The van der Waals surface area contributed by atoms with E-state index in [1.807, 2.05) is 12.1 Å². The van der Waals surface area contributed by atoms with Gasteiger partial charge in [-0.05, 0) is 42.5 Å². The molecule has 8 heteroatoms. The molecular formula is C23H24Cl2N2O3S. The Morgan fingerprint density at radius 1 is 1.23 bits per heavy atom. The van der Waals surface area contributed by atoms with Gasteiger partial charge in [-0.25, -0.2) is 0 Å². The molecule has 2 aromatic carbocycles. The van der Waals surface area contributed by atoms with Crippen molar-refractivity contribution < 1.29 is 14.7 Å². The van der Waals surface area contributed by atoms with Crippen molar-refractivity contribution in [2.24, 2.45) is 11.7 Å². The van der Waals surface area contributed by atoms with Gasteiger partial charge in [0.1, 0.15) is 10.0 Å². The van der Waals surface area contributed by atoms with Gasteiger partial charge in [-0.3, -0.25) is 9.59 Å². The molecule has 0 fully saturated rings. The molecule has 0 spiro atoms. The van der Waals surface area contributed by atoms with Crippen LogP contribution in [0.15, 0.2) is 30.3 Å². The second-order valence-electron chi connectivity index (χ2n) is 7.62. The molecule has 1 aromatic heterocycles. The highest BCUT2D eigenvalue weighted by molar-refractivity contribution is 7.24. The largest absolute Gasteiger partial charge is 0.505 e. The van der Waals surface area contributed by atoms with Gasteiger partial charge in [-0.2, -0.15) is 0 Å². The van der Waals surface area contributed by atoms with E-state index in [0.717, 1.165) is 30.1 Å². The number of phenolic OH excluding ortho intramolecular Hbond substituents is 1. The minimum atomic E-state index is -0.726. The van der Waals surface area contributed by atoms with E-state index in [1.54, 1.807) is 12.1 Å². The van der Waals surface area contributed by atoms with Crippen molar-refractivity contribution in [1.29, 1.82) is 0 Å². The van der Waals surface area contributed by atoms with Gasteiger partial charge >= 0.3 is 0 Å². The number of rotatable bonds is 8. The Hall–Kier alpha value is -2.28. The van der Waals surface area contributed by atoms with E-state index in [1.165, 1.54) is 24.5 Å². The van der Waals surface area contributed by atoms with Gasteiger partial charge in [0, 0.05) is 10.9 Å². The van der Waals surface area contributed by atoms with Gasteiger partial charge in [0.15, 0.2) is 5.75 Å². The molecule has 0 radical (unpaired) electrons. The van der Waals surface area contributed by atoms with Crippen molar-refractivity contribution in [3.05, 3.63) is 57.1 Å². The summed E-state index contributed by atoms with van der Waals surface area (Å²) in [6.45, 7) is 4.45. The maximum absolute atomic E-state index is 12.8. The quantitative estimate of drug-likeness (QED) is 0.338. The fourth-order valence-electron chi connectivity index (χ4n) is 3.34. The fourth-order valence-corrected chi connectivity index (χ4v) is 5.03. The molecule has 3 aromatic rings. The Morgan fingerprint density at radius 2 is 1.90 bits per heavy atom. The average molecular weight is 479 g/mol. The summed E-state index contributed by atoms with van der Waals surface area (Å²) in [5.74, 6) is -0.659. The van der Waals surface area contributed by atoms with Crippen molar-refractivity contribution in [2.45, 2.75) is 39.5 Å². The van der Waals surface area contributed by atoms with Crippen LogP contribution in [0.3, 0.4) is 0 Å². The molecule has 4 N–H and O–H groups in total. The van der Waals surface area contributed by atoms with E-state index in [0.29, 0.717) is 15.6 Å². The van der Waals surface area contributed by atoms with Crippen LogP contribution in [0.2, 0.25) is 10.0 Å². The zero-order valence-electron chi connectivity index (χ0n) is 17.3. The zero-order valence-corrected chi connectivity index (χ0v) is 19.6. The molecule has 5 nitrogen and oxygen atoms in total. The molecule has 1 atom stereocenters. The minimum Gasteiger partial charge on any atom is -0.505 e. The number of carbonyl (C=O) groups excluding carboxylic acids is 2. The monoisotopic (exact) mass is 478 g/mol. The first kappa shape index (κ1) is 23.4. The van der Waals surface area contributed by atoms with Gasteiger partial charge in [-0.15, -0.1) is 11.3 Å². The van der Waals surface area contributed by atoms with Crippen LogP contribution in [-0.2, 0) is 6.42 Å². The first-order valence-electron chi connectivity index (χ1n) is 10.1. The number of hydrogen-bond donors (Lipinski definition) is 3. The number of aromatic hydroxyl groups is 1. The van der Waals surface area contributed by atoms with Crippen LogP contribution in [-0.4, -0.2) is 16.9 Å². The molecule has 164 valence electrons. The van der Waals surface area contributed by atoms with Crippen LogP contribution in [0, 0.1) is 5.92 Å². The van der Waals surface area contributed by atoms with Crippen molar-refractivity contribution in [3.8, 4) is 5.75 Å². The third-order valence-electron chi connectivity index (χ3n) is 5.40. The number of halogens is 2. The number of amides is 2. The lowest BCUT2D eigenvalue weighted by molar-refractivity contribution is 0.100. The molecule has 0 saturated heterocycles. The van der Waals surface area contributed by atoms with Crippen molar-refractivity contribution >= 4 is 61.4 Å². The van der Waals surface area contributed by atoms with Crippen molar-refractivity contribution in [1.82, 2.24) is 0 Å². The zero-order chi connectivity index (χ0) is 22.7. The van der Waals surface area contributed by atoms with Gasteiger partial charge < -0.3 is 16.2 Å². The maximum atomic E-state index is 12.8. The summed E-state index contributed by atoms with van der Waals surface area (Å²) in [5, 5.41) is 13.4. The number of anilines is 1. The number of carbonyl (C=O) groups is 2. The summed E-state index contributed by atoms with van der Waals surface area (Å²) in [5.41, 5.74) is 7.29. The molecule has 31 heavy (non-hydrogen) atoms. The summed E-state index contributed by atoms with van der Waals surface area (Å²) < 4.78 is 0.421. The number of nitrogens with two attached hydrogens (primary N) is 1. The van der Waals surface area contributed by atoms with E-state index in [2.05, 4.69) is 19.2 Å². The van der Waals surface area contributed by atoms with E-state index >= 15 is 0 Å². The Kier molecular flexibility index (Phi) is 7.46. The second kappa shape index (κ2) is 9.90. The number of fused-ring (bicyclic) bond motifs is 1. The van der Waals surface area contributed by atoms with Gasteiger partial charge in [0.05, 0.1) is 15.3 Å². The molecule has 2 amide bonds. The van der Waals surface area contributed by atoms with Crippen LogP contribution in [0.5, 0.6) is 5.75 Å². The Balaban J connectivity index is 1.81. The summed E-state index contributed by atoms with van der Waals surface area (Å²) in [7, 11) is 0. The molecule has 0 saturated carbocycles. The number of thiophene rings is 1. The minimum absolute atomic E-state index is 0.000374. The molecular weight excluding hydrogens is 455 g/mol. The van der Waals surface area contributed by atoms with E-state index in [9.17, 15) is 14.7 Å². The Morgan fingerprint density at radius 3 is 2.52 bits per heavy atom. The van der Waals surface area contributed by atoms with Crippen LogP contribution in [0.25, 0.3) is 10.1 Å². The lowest BCUT2D eigenvalue weighted by atomic mass is 9.99. The van der Waals surface area contributed by atoms with Gasteiger partial charge in [0.25, 0.3) is 11.8 Å². The van der Waals surface area contributed by atoms with Crippen LogP contribution < -0.4 is 11.1 Å². The molecule has 3 rings (SSSR count). The average Bonchev–Trinajstić information content (AvgIpc) is 3.10. The third kappa shape index (κ3) is 5.14. The molecule has 0 aliphatic carbocycles. The lowest BCUT2D eigenvalue weighted by Gasteiger charge is -2.08. The first-order chi connectivity index (χ1) is 14.7. The molecule has 0 aliphatic heterocycles. The number of aryl methyl sites for hydroxylation is 1. The number of nitrogens with one attached hydrogen (secondary N) is 1. The standard InChI is InChI=1S/C23H24Cl2N2O3S/c1-3-12(2)5-4-6-13-7-9-14(10-8-13)22(30)27-23-17(21(26)29)15-11-16(24)19(28)18(25)20(15)31-23/h7-12,28H,3-6H2,1-2H3,(H2,26,29)(H,27,30). The topological polar surface area (TPSA) is 92.4 Å². The third-order valence-corrected chi connectivity index (χ3v) is 7.31. The van der Waals surface area contributed by atoms with E-state index < -0.39 is 5.91 Å². The highest BCUT2D eigenvalue weighted by Crippen LogP contribution is 2.46. The van der Waals surface area contributed by atoms with Crippen LogP contribution in [0.1, 0.15) is 59.4 Å². The second-order valence-corrected chi connectivity index (χ2v) is 9.43. The summed E-state index contributed by atoms with van der Waals surface area (Å²) in [6, 6.07) is 8.83. The number of primary amides is 1. The van der Waals surface area contributed by atoms with E-state index in [4.69, 9.17) is 28.9 Å². The van der Waals surface area contributed by atoms with Gasteiger partial charge in [-0.1, -0.05) is 62.0 Å². The van der Waals surface area contributed by atoms with Crippen molar-refractivity contribution in [3.63, 3.8) is 0 Å². The lowest BCUT2D eigenvalue weighted by Crippen LogP contribution is -2.16. The highest BCUT2D eigenvalue weighted by atomic mass is 35.5. The molecule has 1 unspecified atom stereocenters. The van der Waals surface area contributed by atoms with Crippen molar-refractivity contribution in [2.75, 3.05) is 5.32 Å². The summed E-state index contributed by atoms with van der Waals surface area (Å²) in [4.78, 5) is 24.8. The fraction of sp³-hybridized carbons (Fsp3) is 0.304. The highest BCUT2D eigenvalue weighted by Gasteiger charge is 2.23. The maximum Gasteiger partial charge on any atom is 0.256 e. The van der Waals surface area contributed by atoms with Crippen LogP contribution in [0.4, 0.5) is 5.00 Å². The normalized spacial score (nSPS) is 12.1. The predicted molar refractivity (Wildman–Crippen MR) is 129 cm³/mol. The SMILES string of the molecule is CCC(C)CCCc1ccc(C(=O)Nc2sc3c(Cl)c(O)c(Cl)cc3c2C(N)=O)cc1. The summed E-state index contributed by atoms with van der Waals surface area (Å²) >= 11 is 13.2. The number of hydrogen-bond acceptors (Lipinski definition) is 4. The first-order valence-corrected chi connectivity index (χ1v) is 11.6. The molecule has 0 bridgehead atoms. The smallest absolute Gasteiger partial charge is 0.256 e. The number of phenols is 1. The Labute approximate surface area is 195 Å².